The van der Waals surface area contributed by atoms with Crippen LogP contribution >= 0.6 is 27.5 Å². The molecule has 1 rings (SSSR count). The Morgan fingerprint density at radius 3 is 2.61 bits per heavy atom. The van der Waals surface area contributed by atoms with E-state index in [4.69, 9.17) is 11.6 Å². The summed E-state index contributed by atoms with van der Waals surface area (Å²) in [5.74, 6) is 0. The van der Waals surface area contributed by atoms with Gasteiger partial charge in [0.15, 0.2) is 0 Å². The maximum absolute atomic E-state index is 5.95. The van der Waals surface area contributed by atoms with Gasteiger partial charge in [0.1, 0.15) is 0 Å². The van der Waals surface area contributed by atoms with Crippen LogP contribution in [0.25, 0.3) is 0 Å². The summed E-state index contributed by atoms with van der Waals surface area (Å²) in [7, 11) is 0. The predicted molar refractivity (Wildman–Crippen MR) is 84.2 cm³/mol. The van der Waals surface area contributed by atoms with Crippen LogP contribution < -0.4 is 5.32 Å². The highest BCUT2D eigenvalue weighted by molar-refractivity contribution is 9.10. The van der Waals surface area contributed by atoms with Crippen molar-refractivity contribution in [2.75, 3.05) is 0 Å². The maximum atomic E-state index is 5.95. The van der Waals surface area contributed by atoms with Crippen LogP contribution in [0.4, 0.5) is 0 Å². The van der Waals surface area contributed by atoms with Gasteiger partial charge < -0.3 is 5.32 Å². The molecule has 1 aromatic rings. The van der Waals surface area contributed by atoms with E-state index in [1.165, 1.54) is 37.7 Å². The molecule has 0 spiro atoms. The van der Waals surface area contributed by atoms with Crippen molar-refractivity contribution >= 4 is 27.5 Å². The van der Waals surface area contributed by atoms with Crippen LogP contribution in [-0.4, -0.2) is 6.04 Å². The fourth-order valence-corrected chi connectivity index (χ4v) is 2.89. The maximum Gasteiger partial charge on any atom is 0.0417 e. The van der Waals surface area contributed by atoms with E-state index in [2.05, 4.69) is 41.2 Å². The molecule has 1 atom stereocenters. The summed E-state index contributed by atoms with van der Waals surface area (Å²) in [4.78, 5) is 0. The van der Waals surface area contributed by atoms with Gasteiger partial charge in [-0.05, 0) is 30.5 Å². The molecule has 1 aromatic carbocycles. The van der Waals surface area contributed by atoms with E-state index in [0.717, 1.165) is 16.0 Å². The third-order valence-corrected chi connectivity index (χ3v) is 4.11. The lowest BCUT2D eigenvalue weighted by Crippen LogP contribution is -2.28. The lowest BCUT2D eigenvalue weighted by molar-refractivity contribution is 0.434. The van der Waals surface area contributed by atoms with E-state index >= 15 is 0 Å². The number of benzene rings is 1. The van der Waals surface area contributed by atoms with E-state index in [0.29, 0.717) is 6.04 Å². The van der Waals surface area contributed by atoms with Gasteiger partial charge in [0.2, 0.25) is 0 Å². The Bertz CT molecular complexity index is 354. The monoisotopic (exact) mass is 331 g/mol. The van der Waals surface area contributed by atoms with Crippen molar-refractivity contribution in [2.24, 2.45) is 0 Å². The molecule has 1 unspecified atom stereocenters. The highest BCUT2D eigenvalue weighted by Crippen LogP contribution is 2.21. The van der Waals surface area contributed by atoms with Crippen molar-refractivity contribution in [2.45, 2.75) is 58.5 Å². The highest BCUT2D eigenvalue weighted by atomic mass is 79.9. The van der Waals surface area contributed by atoms with Gasteiger partial charge >= 0.3 is 0 Å². The van der Waals surface area contributed by atoms with Crippen molar-refractivity contribution in [1.29, 1.82) is 0 Å². The average molecular weight is 333 g/mol. The molecule has 0 aliphatic rings. The van der Waals surface area contributed by atoms with E-state index in [9.17, 15) is 0 Å². The molecule has 0 aliphatic carbocycles. The predicted octanol–water partition coefficient (Wildman–Crippen LogP) is 5.55. The Labute approximate surface area is 124 Å². The smallest absolute Gasteiger partial charge is 0.0417 e. The van der Waals surface area contributed by atoms with Gasteiger partial charge in [-0.1, -0.05) is 66.7 Å². The average Bonchev–Trinajstić information content (AvgIpc) is 2.34. The molecule has 0 radical (unpaired) electrons. The van der Waals surface area contributed by atoms with Crippen LogP contribution in [0.1, 0.15) is 51.5 Å². The Balaban J connectivity index is 2.49. The number of halogens is 2. The zero-order valence-corrected chi connectivity index (χ0v) is 13.6. The topological polar surface area (TPSA) is 12.0 Å². The molecular formula is C15H23BrClN. The molecule has 0 saturated carbocycles. The second-order valence-corrected chi connectivity index (χ2v) is 6.04. The SMILES string of the molecule is CCCCC(CCC)NCc1ccc(Cl)cc1Br. The van der Waals surface area contributed by atoms with Gasteiger partial charge in [0.05, 0.1) is 0 Å². The zero-order valence-electron chi connectivity index (χ0n) is 11.3. The summed E-state index contributed by atoms with van der Waals surface area (Å²) in [6.07, 6.45) is 6.34. The number of hydrogen-bond donors (Lipinski definition) is 1. The highest BCUT2D eigenvalue weighted by Gasteiger charge is 2.08. The summed E-state index contributed by atoms with van der Waals surface area (Å²) >= 11 is 9.51. The van der Waals surface area contributed by atoms with Crippen LogP contribution in [0.2, 0.25) is 5.02 Å². The number of nitrogens with one attached hydrogen (secondary N) is 1. The summed E-state index contributed by atoms with van der Waals surface area (Å²) in [5.41, 5.74) is 1.28. The van der Waals surface area contributed by atoms with E-state index in [1.54, 1.807) is 0 Å². The van der Waals surface area contributed by atoms with Crippen molar-refractivity contribution in [3.63, 3.8) is 0 Å². The largest absolute Gasteiger partial charge is 0.310 e. The summed E-state index contributed by atoms with van der Waals surface area (Å²) in [6.45, 7) is 5.41. The lowest BCUT2D eigenvalue weighted by atomic mass is 10.0. The first kappa shape index (κ1) is 16.0. The van der Waals surface area contributed by atoms with Crippen LogP contribution in [0.15, 0.2) is 22.7 Å². The quantitative estimate of drug-likeness (QED) is 0.658. The summed E-state index contributed by atoms with van der Waals surface area (Å²) in [6, 6.07) is 6.63. The zero-order chi connectivity index (χ0) is 13.4. The van der Waals surface area contributed by atoms with Gasteiger partial charge in [0, 0.05) is 22.1 Å². The Hall–Kier alpha value is -0.0500. The molecule has 1 nitrogen and oxygen atoms in total. The number of rotatable bonds is 8. The molecule has 1 N–H and O–H groups in total. The second-order valence-electron chi connectivity index (χ2n) is 4.74. The molecule has 0 bridgehead atoms. The fraction of sp³-hybridized carbons (Fsp3) is 0.600. The minimum absolute atomic E-state index is 0.637. The first-order valence-electron chi connectivity index (χ1n) is 6.84. The normalized spacial score (nSPS) is 12.7. The first-order chi connectivity index (χ1) is 8.67. The summed E-state index contributed by atoms with van der Waals surface area (Å²) < 4.78 is 1.09. The van der Waals surface area contributed by atoms with Crippen molar-refractivity contribution < 1.29 is 0 Å². The van der Waals surface area contributed by atoms with Crippen molar-refractivity contribution in [3.05, 3.63) is 33.3 Å². The lowest BCUT2D eigenvalue weighted by Gasteiger charge is -2.18. The molecule has 18 heavy (non-hydrogen) atoms. The molecule has 0 aromatic heterocycles. The molecule has 0 saturated heterocycles. The van der Waals surface area contributed by atoms with E-state index < -0.39 is 0 Å². The summed E-state index contributed by atoms with van der Waals surface area (Å²) in [5, 5.41) is 4.44. The van der Waals surface area contributed by atoms with Crippen LogP contribution in [-0.2, 0) is 6.54 Å². The Morgan fingerprint density at radius 1 is 1.22 bits per heavy atom. The van der Waals surface area contributed by atoms with Crippen LogP contribution in [0.5, 0.6) is 0 Å². The minimum Gasteiger partial charge on any atom is -0.310 e. The number of unbranched alkanes of at least 4 members (excludes halogenated alkanes) is 1. The van der Waals surface area contributed by atoms with Gasteiger partial charge in [0.25, 0.3) is 0 Å². The molecule has 102 valence electrons. The molecule has 0 fully saturated rings. The van der Waals surface area contributed by atoms with E-state index in [1.807, 2.05) is 12.1 Å². The van der Waals surface area contributed by atoms with Gasteiger partial charge in [-0.3, -0.25) is 0 Å². The third-order valence-electron chi connectivity index (χ3n) is 3.14. The van der Waals surface area contributed by atoms with Crippen LogP contribution in [0.3, 0.4) is 0 Å². The fourth-order valence-electron chi connectivity index (χ4n) is 2.07. The standard InChI is InChI=1S/C15H23BrClN/c1-3-5-7-14(6-4-2)18-11-12-8-9-13(17)10-15(12)16/h8-10,14,18H,3-7,11H2,1-2H3. The molecule has 0 aliphatic heterocycles. The molecule has 0 heterocycles. The van der Waals surface area contributed by atoms with Crippen molar-refractivity contribution in [3.8, 4) is 0 Å². The van der Waals surface area contributed by atoms with E-state index in [-0.39, 0.29) is 0 Å². The number of hydrogen-bond acceptors (Lipinski definition) is 1. The third kappa shape index (κ3) is 5.73. The van der Waals surface area contributed by atoms with Gasteiger partial charge in [-0.15, -0.1) is 0 Å². The van der Waals surface area contributed by atoms with Crippen molar-refractivity contribution in [1.82, 2.24) is 5.32 Å². The van der Waals surface area contributed by atoms with Gasteiger partial charge in [-0.2, -0.15) is 0 Å². The molecular weight excluding hydrogens is 310 g/mol. The Morgan fingerprint density at radius 2 is 2.00 bits per heavy atom. The minimum atomic E-state index is 0.637. The second kappa shape index (κ2) is 8.95. The first-order valence-corrected chi connectivity index (χ1v) is 8.01. The van der Waals surface area contributed by atoms with Crippen LogP contribution in [0, 0.1) is 0 Å². The Kier molecular flexibility index (Phi) is 7.96. The molecule has 0 amide bonds. The molecule has 3 heteroatoms. The van der Waals surface area contributed by atoms with Gasteiger partial charge in [-0.25, -0.2) is 0 Å².